The number of hydrogen-bond donors (Lipinski definition) is 0. The first kappa shape index (κ1) is 24.9. The molecular weight excluding hydrogens is 457 g/mol. The van der Waals surface area contributed by atoms with Gasteiger partial charge in [-0.1, -0.05) is 12.1 Å². The number of nitrogens with zero attached hydrogens (tertiary/aromatic N) is 2. The zero-order valence-electron chi connectivity index (χ0n) is 18.7. The number of esters is 1. The summed E-state index contributed by atoms with van der Waals surface area (Å²) in [4.78, 5) is 29.1. The van der Waals surface area contributed by atoms with Crippen molar-refractivity contribution < 1.29 is 32.2 Å². The second kappa shape index (κ2) is 10.0. The van der Waals surface area contributed by atoms with Crippen molar-refractivity contribution in [2.45, 2.75) is 29.3 Å². The van der Waals surface area contributed by atoms with Gasteiger partial charge in [-0.15, -0.1) is 11.8 Å². The molecule has 0 saturated heterocycles. The van der Waals surface area contributed by atoms with Crippen LogP contribution in [0.4, 0.5) is 18.9 Å². The summed E-state index contributed by atoms with van der Waals surface area (Å²) in [5, 5.41) is -0.660. The SMILES string of the molecule is COc1ccc([C@H]2Sc3ccc(C(F)(F)F)cc3N(CCN(C)C)C(=O)[C@H]2OC(C)=O)cc1. The highest BCUT2D eigenvalue weighted by Gasteiger charge is 2.42. The van der Waals surface area contributed by atoms with Crippen LogP contribution in [0.15, 0.2) is 47.4 Å². The fraction of sp³-hybridized carbons (Fsp3) is 0.391. The first-order valence-corrected chi connectivity index (χ1v) is 11.0. The van der Waals surface area contributed by atoms with Crippen molar-refractivity contribution >= 4 is 29.3 Å². The average Bonchev–Trinajstić information content (AvgIpc) is 2.86. The maximum atomic E-state index is 13.6. The highest BCUT2D eigenvalue weighted by molar-refractivity contribution is 7.99. The first-order valence-electron chi connectivity index (χ1n) is 10.2. The molecule has 2 aromatic rings. The average molecular weight is 483 g/mol. The summed E-state index contributed by atoms with van der Waals surface area (Å²) in [5.41, 5.74) is -0.0213. The number of likely N-dealkylation sites (N-methyl/N-ethyl adjacent to an activating group) is 1. The topological polar surface area (TPSA) is 59.1 Å². The highest BCUT2D eigenvalue weighted by atomic mass is 32.2. The minimum absolute atomic E-state index is 0.133. The monoisotopic (exact) mass is 482 g/mol. The second-order valence-corrected chi connectivity index (χ2v) is 9.00. The molecular formula is C23H25F3N2O4S. The molecule has 0 spiro atoms. The third-order valence-electron chi connectivity index (χ3n) is 5.12. The first-order chi connectivity index (χ1) is 15.5. The van der Waals surface area contributed by atoms with Crippen molar-refractivity contribution in [3.8, 4) is 5.75 Å². The summed E-state index contributed by atoms with van der Waals surface area (Å²) >= 11 is 1.19. The number of carbonyl (C=O) groups excluding carboxylic acids is 2. The third kappa shape index (κ3) is 5.80. The molecule has 1 aliphatic rings. The molecule has 6 nitrogen and oxygen atoms in total. The minimum atomic E-state index is -4.56. The van der Waals surface area contributed by atoms with E-state index in [0.717, 1.165) is 12.1 Å². The van der Waals surface area contributed by atoms with Gasteiger partial charge in [-0.3, -0.25) is 9.59 Å². The number of carbonyl (C=O) groups is 2. The Morgan fingerprint density at radius 2 is 1.82 bits per heavy atom. The Morgan fingerprint density at radius 3 is 2.36 bits per heavy atom. The Kier molecular flexibility index (Phi) is 7.58. The van der Waals surface area contributed by atoms with E-state index in [1.807, 2.05) is 4.90 Å². The number of fused-ring (bicyclic) bond motifs is 1. The Bertz CT molecular complexity index is 1010. The van der Waals surface area contributed by atoms with Gasteiger partial charge in [0.1, 0.15) is 5.75 Å². The van der Waals surface area contributed by atoms with Gasteiger partial charge in [-0.05, 0) is 50.0 Å². The molecule has 3 rings (SSSR count). The quantitative estimate of drug-likeness (QED) is 0.570. The van der Waals surface area contributed by atoms with Crippen LogP contribution in [0.3, 0.4) is 0 Å². The molecule has 0 bridgehead atoms. The number of alkyl halides is 3. The molecule has 10 heteroatoms. The predicted octanol–water partition coefficient (Wildman–Crippen LogP) is 4.39. The molecule has 0 N–H and O–H groups in total. The van der Waals surface area contributed by atoms with Gasteiger partial charge in [-0.25, -0.2) is 0 Å². The molecule has 0 unspecified atom stereocenters. The van der Waals surface area contributed by atoms with Gasteiger partial charge in [0, 0.05) is 24.9 Å². The van der Waals surface area contributed by atoms with Crippen LogP contribution in [0.2, 0.25) is 0 Å². The van der Waals surface area contributed by atoms with Crippen molar-refractivity contribution in [2.24, 2.45) is 0 Å². The van der Waals surface area contributed by atoms with E-state index in [1.54, 1.807) is 38.4 Å². The molecule has 0 aromatic heterocycles. The van der Waals surface area contributed by atoms with E-state index in [-0.39, 0.29) is 12.2 Å². The van der Waals surface area contributed by atoms with E-state index < -0.39 is 35.0 Å². The van der Waals surface area contributed by atoms with Crippen LogP contribution in [0.25, 0.3) is 0 Å². The Balaban J connectivity index is 2.15. The number of hydrogen-bond acceptors (Lipinski definition) is 6. The molecule has 1 amide bonds. The molecule has 0 saturated carbocycles. The number of amides is 1. The molecule has 1 heterocycles. The summed E-state index contributed by atoms with van der Waals surface area (Å²) in [6, 6.07) is 10.3. The zero-order valence-corrected chi connectivity index (χ0v) is 19.5. The number of ether oxygens (including phenoxy) is 2. The summed E-state index contributed by atoms with van der Waals surface area (Å²) in [6.07, 6.45) is -5.78. The predicted molar refractivity (Wildman–Crippen MR) is 119 cm³/mol. The Labute approximate surface area is 194 Å². The van der Waals surface area contributed by atoms with E-state index in [1.165, 1.54) is 36.8 Å². The molecule has 0 fully saturated rings. The van der Waals surface area contributed by atoms with Crippen molar-refractivity contribution in [1.29, 1.82) is 0 Å². The van der Waals surface area contributed by atoms with E-state index in [0.29, 0.717) is 22.8 Å². The van der Waals surface area contributed by atoms with Crippen LogP contribution in [0, 0.1) is 0 Å². The largest absolute Gasteiger partial charge is 0.497 e. The van der Waals surface area contributed by atoms with Gasteiger partial charge in [-0.2, -0.15) is 13.2 Å². The fourth-order valence-corrected chi connectivity index (χ4v) is 4.76. The van der Waals surface area contributed by atoms with Gasteiger partial charge in [0.25, 0.3) is 5.91 Å². The van der Waals surface area contributed by atoms with E-state index in [2.05, 4.69) is 0 Å². The molecule has 33 heavy (non-hydrogen) atoms. The van der Waals surface area contributed by atoms with E-state index >= 15 is 0 Å². The maximum Gasteiger partial charge on any atom is 0.416 e. The lowest BCUT2D eigenvalue weighted by atomic mass is 10.1. The Morgan fingerprint density at radius 1 is 1.15 bits per heavy atom. The molecule has 2 aromatic carbocycles. The van der Waals surface area contributed by atoms with Crippen molar-refractivity contribution in [2.75, 3.05) is 39.2 Å². The summed E-state index contributed by atoms with van der Waals surface area (Å²) in [6.45, 7) is 1.74. The molecule has 1 aliphatic heterocycles. The third-order valence-corrected chi connectivity index (χ3v) is 6.50. The van der Waals surface area contributed by atoms with Gasteiger partial charge in [0.2, 0.25) is 0 Å². The van der Waals surface area contributed by atoms with Gasteiger partial charge >= 0.3 is 12.1 Å². The van der Waals surface area contributed by atoms with Crippen molar-refractivity contribution in [1.82, 2.24) is 4.90 Å². The minimum Gasteiger partial charge on any atom is -0.497 e. The number of rotatable bonds is 6. The van der Waals surface area contributed by atoms with E-state index in [9.17, 15) is 22.8 Å². The number of thioether (sulfide) groups is 1. The van der Waals surface area contributed by atoms with Crippen LogP contribution in [-0.2, 0) is 20.5 Å². The maximum absolute atomic E-state index is 13.6. The zero-order chi connectivity index (χ0) is 24.3. The number of halogens is 3. The van der Waals surface area contributed by atoms with Crippen LogP contribution in [0.1, 0.15) is 23.3 Å². The number of anilines is 1. The standard InChI is InChI=1S/C23H25F3N2O4S/c1-14(29)32-20-21(15-5-8-17(31-4)9-6-15)33-19-10-7-16(23(24,25)26)13-18(19)28(22(20)30)12-11-27(2)3/h5-10,13,20-21H,11-12H2,1-4H3/t20-,21+/m0/s1. The highest BCUT2D eigenvalue weighted by Crippen LogP contribution is 2.48. The molecule has 0 aliphatic carbocycles. The smallest absolute Gasteiger partial charge is 0.416 e. The Hall–Kier alpha value is -2.72. The lowest BCUT2D eigenvalue weighted by Crippen LogP contribution is -2.45. The van der Waals surface area contributed by atoms with Gasteiger partial charge < -0.3 is 19.3 Å². The van der Waals surface area contributed by atoms with Gasteiger partial charge in [0.15, 0.2) is 6.10 Å². The van der Waals surface area contributed by atoms with Crippen molar-refractivity contribution in [3.05, 3.63) is 53.6 Å². The van der Waals surface area contributed by atoms with Crippen LogP contribution in [0.5, 0.6) is 5.75 Å². The lowest BCUT2D eigenvalue weighted by molar-refractivity contribution is -0.152. The number of benzene rings is 2. The summed E-state index contributed by atoms with van der Waals surface area (Å²) < 4.78 is 51.0. The molecule has 2 atom stereocenters. The normalized spacial score (nSPS) is 18.7. The summed E-state index contributed by atoms with van der Waals surface area (Å²) in [5.74, 6) is -0.615. The lowest BCUT2D eigenvalue weighted by Gasteiger charge is -2.28. The van der Waals surface area contributed by atoms with Gasteiger partial charge in [0.05, 0.1) is 23.6 Å². The number of methoxy groups -OCH3 is 1. The van der Waals surface area contributed by atoms with Crippen LogP contribution < -0.4 is 9.64 Å². The van der Waals surface area contributed by atoms with Crippen LogP contribution in [-0.4, -0.2) is 57.2 Å². The molecule has 0 radical (unpaired) electrons. The molecule has 178 valence electrons. The van der Waals surface area contributed by atoms with Crippen molar-refractivity contribution in [3.63, 3.8) is 0 Å². The van der Waals surface area contributed by atoms with E-state index in [4.69, 9.17) is 9.47 Å². The fourth-order valence-electron chi connectivity index (χ4n) is 3.46. The van der Waals surface area contributed by atoms with Crippen LogP contribution >= 0.6 is 11.8 Å². The summed E-state index contributed by atoms with van der Waals surface area (Å²) in [7, 11) is 5.12. The second-order valence-electron chi connectivity index (χ2n) is 7.82.